The Balaban J connectivity index is 1.86. The topological polar surface area (TPSA) is 73.5 Å². The van der Waals surface area contributed by atoms with E-state index >= 15 is 0 Å². The minimum atomic E-state index is -0.213. The summed E-state index contributed by atoms with van der Waals surface area (Å²) in [5, 5.41) is 8.72. The van der Waals surface area contributed by atoms with Gasteiger partial charge in [-0.1, -0.05) is 32.3 Å². The Hall–Kier alpha value is -2.08. The summed E-state index contributed by atoms with van der Waals surface area (Å²) in [5.74, 6) is 0.631. The number of anilines is 2. The van der Waals surface area contributed by atoms with Crippen LogP contribution in [0.3, 0.4) is 0 Å². The Morgan fingerprint density at radius 2 is 1.78 bits per heavy atom. The quantitative estimate of drug-likeness (QED) is 0.642. The van der Waals surface area contributed by atoms with Gasteiger partial charge in [-0.3, -0.25) is 4.79 Å². The Bertz CT molecular complexity index is 612. The molecule has 0 heterocycles. The van der Waals surface area contributed by atoms with Crippen LogP contribution in [0.1, 0.15) is 51.9 Å². The van der Waals surface area contributed by atoms with Crippen LogP contribution in [0.2, 0.25) is 0 Å². The lowest BCUT2D eigenvalue weighted by Crippen LogP contribution is -2.46. The first-order chi connectivity index (χ1) is 13.0. The Kier molecular flexibility index (Phi) is 8.58. The van der Waals surface area contributed by atoms with Gasteiger partial charge in [-0.05, 0) is 57.5 Å². The fourth-order valence-corrected chi connectivity index (χ4v) is 3.79. The minimum absolute atomic E-state index is 0.0135. The second-order valence-electron chi connectivity index (χ2n) is 7.64. The van der Waals surface area contributed by atoms with Gasteiger partial charge in [0.05, 0.1) is 0 Å². The number of nitrogens with one attached hydrogen (secondary N) is 3. The molecule has 3 N–H and O–H groups in total. The van der Waals surface area contributed by atoms with Crippen molar-refractivity contribution < 1.29 is 9.59 Å². The average Bonchev–Trinajstić information content (AvgIpc) is 2.63. The summed E-state index contributed by atoms with van der Waals surface area (Å²) in [5.41, 5.74) is 1.36. The molecule has 0 saturated heterocycles. The number of likely N-dealkylation sites (N-methyl/N-ethyl adjacent to an activating group) is 1. The molecule has 1 aromatic carbocycles. The third-order valence-electron chi connectivity index (χ3n) is 5.21. The maximum atomic E-state index is 12.3. The third kappa shape index (κ3) is 7.21. The molecule has 1 aliphatic carbocycles. The van der Waals surface area contributed by atoms with Gasteiger partial charge in [0.2, 0.25) is 5.91 Å². The molecule has 0 bridgehead atoms. The van der Waals surface area contributed by atoms with E-state index in [-0.39, 0.29) is 11.9 Å². The van der Waals surface area contributed by atoms with E-state index in [1.807, 2.05) is 25.1 Å². The molecule has 0 spiro atoms. The Morgan fingerprint density at radius 3 is 2.41 bits per heavy atom. The van der Waals surface area contributed by atoms with Crippen LogP contribution in [0.4, 0.5) is 16.2 Å². The van der Waals surface area contributed by atoms with Crippen LogP contribution < -0.4 is 16.0 Å². The van der Waals surface area contributed by atoms with Crippen molar-refractivity contribution in [2.24, 2.45) is 5.92 Å². The summed E-state index contributed by atoms with van der Waals surface area (Å²) in [6.45, 7) is 2.60. The number of benzene rings is 1. The summed E-state index contributed by atoms with van der Waals surface area (Å²) in [4.78, 5) is 26.3. The van der Waals surface area contributed by atoms with Gasteiger partial charge in [0.15, 0.2) is 0 Å². The van der Waals surface area contributed by atoms with Crippen molar-refractivity contribution in [3.8, 4) is 0 Å². The van der Waals surface area contributed by atoms with Gasteiger partial charge in [0.25, 0.3) is 0 Å². The van der Waals surface area contributed by atoms with Gasteiger partial charge in [-0.15, -0.1) is 0 Å². The molecule has 0 radical (unpaired) electrons. The lowest BCUT2D eigenvalue weighted by Gasteiger charge is -2.34. The standard InChI is InChI=1S/C21H34N4O2/c1-4-9-20(26)23-17-12-8-13-18(14-17)24-21(27)22-15-19(25(2)3)16-10-6-5-7-11-16/h8,12-14,16,19H,4-7,9-11,15H2,1-3H3,(H,23,26)(H2,22,24,27)/t19-/m0/s1. The van der Waals surface area contributed by atoms with Crippen LogP contribution in [-0.4, -0.2) is 43.5 Å². The van der Waals surface area contributed by atoms with Crippen molar-refractivity contribution >= 4 is 23.3 Å². The molecule has 1 atom stereocenters. The maximum Gasteiger partial charge on any atom is 0.319 e. The van der Waals surface area contributed by atoms with E-state index in [4.69, 9.17) is 0 Å². The van der Waals surface area contributed by atoms with Crippen molar-refractivity contribution in [3.05, 3.63) is 24.3 Å². The molecule has 27 heavy (non-hydrogen) atoms. The van der Waals surface area contributed by atoms with Crippen LogP contribution in [0.15, 0.2) is 24.3 Å². The molecular weight excluding hydrogens is 340 g/mol. The second kappa shape index (κ2) is 10.9. The predicted octanol–water partition coefficient (Wildman–Crippen LogP) is 4.06. The van der Waals surface area contributed by atoms with E-state index < -0.39 is 0 Å². The normalized spacial score (nSPS) is 16.0. The van der Waals surface area contributed by atoms with Crippen molar-refractivity contribution in [1.29, 1.82) is 0 Å². The van der Waals surface area contributed by atoms with Gasteiger partial charge in [-0.25, -0.2) is 4.79 Å². The van der Waals surface area contributed by atoms with E-state index in [1.54, 1.807) is 6.07 Å². The molecule has 6 heteroatoms. The summed E-state index contributed by atoms with van der Waals surface area (Å²) in [6, 6.07) is 7.38. The molecular formula is C21H34N4O2. The van der Waals surface area contributed by atoms with Gasteiger partial charge >= 0.3 is 6.03 Å². The van der Waals surface area contributed by atoms with Crippen molar-refractivity contribution in [3.63, 3.8) is 0 Å². The molecule has 0 aliphatic heterocycles. The van der Waals surface area contributed by atoms with Crippen molar-refractivity contribution in [2.75, 3.05) is 31.3 Å². The molecule has 1 saturated carbocycles. The fourth-order valence-electron chi connectivity index (χ4n) is 3.79. The molecule has 0 unspecified atom stereocenters. The number of hydrogen-bond acceptors (Lipinski definition) is 3. The summed E-state index contributed by atoms with van der Waals surface area (Å²) >= 11 is 0. The number of carbonyl (C=O) groups excluding carboxylic acids is 2. The number of nitrogens with zero attached hydrogens (tertiary/aromatic N) is 1. The van der Waals surface area contributed by atoms with Gasteiger partial charge in [-0.2, -0.15) is 0 Å². The van der Waals surface area contributed by atoms with Gasteiger partial charge in [0.1, 0.15) is 0 Å². The van der Waals surface area contributed by atoms with E-state index in [0.717, 1.165) is 6.42 Å². The predicted molar refractivity (Wildman–Crippen MR) is 111 cm³/mol. The van der Waals surface area contributed by atoms with Crippen molar-refractivity contribution in [2.45, 2.75) is 57.9 Å². The second-order valence-corrected chi connectivity index (χ2v) is 7.64. The monoisotopic (exact) mass is 374 g/mol. The Morgan fingerprint density at radius 1 is 1.11 bits per heavy atom. The van der Waals surface area contributed by atoms with Crippen LogP contribution in [0.25, 0.3) is 0 Å². The number of carbonyl (C=O) groups is 2. The highest BCUT2D eigenvalue weighted by molar-refractivity contribution is 5.93. The lowest BCUT2D eigenvalue weighted by atomic mass is 9.83. The van der Waals surface area contributed by atoms with Gasteiger partial charge in [0, 0.05) is 30.4 Å². The smallest absolute Gasteiger partial charge is 0.319 e. The van der Waals surface area contributed by atoms with E-state index in [1.165, 1.54) is 32.1 Å². The maximum absolute atomic E-state index is 12.3. The number of amides is 3. The lowest BCUT2D eigenvalue weighted by molar-refractivity contribution is -0.116. The zero-order valence-electron chi connectivity index (χ0n) is 16.9. The number of rotatable bonds is 8. The highest BCUT2D eigenvalue weighted by Gasteiger charge is 2.25. The number of hydrogen-bond donors (Lipinski definition) is 3. The van der Waals surface area contributed by atoms with E-state index in [0.29, 0.717) is 36.3 Å². The summed E-state index contributed by atoms with van der Waals surface area (Å²) in [6.07, 6.45) is 7.69. The zero-order valence-corrected chi connectivity index (χ0v) is 16.9. The average molecular weight is 375 g/mol. The van der Waals surface area contributed by atoms with Gasteiger partial charge < -0.3 is 20.9 Å². The third-order valence-corrected chi connectivity index (χ3v) is 5.21. The first-order valence-corrected chi connectivity index (χ1v) is 10.1. The fraction of sp³-hybridized carbons (Fsp3) is 0.619. The highest BCUT2D eigenvalue weighted by atomic mass is 16.2. The Labute approximate surface area is 163 Å². The van der Waals surface area contributed by atoms with Crippen LogP contribution >= 0.6 is 0 Å². The summed E-state index contributed by atoms with van der Waals surface area (Å²) < 4.78 is 0. The molecule has 0 aromatic heterocycles. The molecule has 3 amide bonds. The van der Waals surface area contributed by atoms with Crippen molar-refractivity contribution in [1.82, 2.24) is 10.2 Å². The molecule has 1 fully saturated rings. The first-order valence-electron chi connectivity index (χ1n) is 10.1. The molecule has 150 valence electrons. The largest absolute Gasteiger partial charge is 0.336 e. The van der Waals surface area contributed by atoms with Crippen LogP contribution in [-0.2, 0) is 4.79 Å². The molecule has 1 aliphatic rings. The van der Waals surface area contributed by atoms with E-state index in [9.17, 15) is 9.59 Å². The van der Waals surface area contributed by atoms with E-state index in [2.05, 4.69) is 34.9 Å². The zero-order chi connectivity index (χ0) is 19.6. The molecule has 1 aromatic rings. The summed E-state index contributed by atoms with van der Waals surface area (Å²) in [7, 11) is 4.17. The first kappa shape index (κ1) is 21.2. The van der Waals surface area contributed by atoms with Crippen LogP contribution in [0.5, 0.6) is 0 Å². The minimum Gasteiger partial charge on any atom is -0.336 e. The SMILES string of the molecule is CCCC(=O)Nc1cccc(NC(=O)NC[C@@H](C2CCCCC2)N(C)C)c1. The molecule has 2 rings (SSSR count). The van der Waals surface area contributed by atoms with Crippen LogP contribution in [0, 0.1) is 5.92 Å². The number of urea groups is 1. The molecule has 6 nitrogen and oxygen atoms in total. The highest BCUT2D eigenvalue weighted by Crippen LogP contribution is 2.28.